The number of hydrogen-bond acceptors (Lipinski definition) is 4. The largest absolute Gasteiger partial charge is 0.467 e. The molecule has 1 atom stereocenters. The molecule has 1 aliphatic rings. The Morgan fingerprint density at radius 1 is 1.59 bits per heavy atom. The number of carbonyl (C=O) groups is 1. The fourth-order valence-electron chi connectivity index (χ4n) is 1.91. The maximum atomic E-state index is 11.9. The number of carbonyl (C=O) groups excluding carboxylic acids is 1. The molecule has 17 heavy (non-hydrogen) atoms. The van der Waals surface area contributed by atoms with Crippen molar-refractivity contribution in [1.82, 2.24) is 0 Å². The number of hydrogen-bond donors (Lipinski definition) is 1. The van der Waals surface area contributed by atoms with E-state index in [0.29, 0.717) is 0 Å². The van der Waals surface area contributed by atoms with Crippen LogP contribution in [0.2, 0.25) is 0 Å². The molecule has 0 amide bonds. The molecule has 1 aromatic rings. The van der Waals surface area contributed by atoms with E-state index >= 15 is 0 Å². The molecule has 0 saturated carbocycles. The lowest BCUT2D eigenvalue weighted by Gasteiger charge is -2.27. The Hall–Kier alpha value is -0.680. The predicted octanol–water partition coefficient (Wildman–Crippen LogP) is 2.91. The molecule has 1 unspecified atom stereocenters. The summed E-state index contributed by atoms with van der Waals surface area (Å²) in [6.07, 6.45) is 0.802. The van der Waals surface area contributed by atoms with Crippen LogP contribution < -0.4 is 5.32 Å². The maximum Gasteiger partial charge on any atom is 0.332 e. The molecule has 0 bridgehead atoms. The van der Waals surface area contributed by atoms with E-state index < -0.39 is 5.54 Å². The molecule has 92 valence electrons. The fraction of sp³-hybridized carbons (Fsp3) is 0.417. The number of benzene rings is 1. The third-order valence-electron chi connectivity index (χ3n) is 2.81. The average Bonchev–Trinajstić information content (AvgIpc) is 2.78. The van der Waals surface area contributed by atoms with Crippen molar-refractivity contribution < 1.29 is 9.53 Å². The Kier molecular flexibility index (Phi) is 3.99. The lowest BCUT2D eigenvalue weighted by Crippen LogP contribution is -2.47. The first-order chi connectivity index (χ1) is 8.16. The first-order valence-corrected chi connectivity index (χ1v) is 7.31. The smallest absolute Gasteiger partial charge is 0.332 e. The van der Waals surface area contributed by atoms with Gasteiger partial charge in [0.15, 0.2) is 0 Å². The maximum absolute atomic E-state index is 11.9. The second kappa shape index (κ2) is 5.31. The summed E-state index contributed by atoms with van der Waals surface area (Å²) in [7, 11) is 1.44. The standard InChI is InChI=1S/C12H14BrNO2S/c1-16-11(15)12(5-6-17-8-12)14-10-4-2-3-9(13)7-10/h2-4,7,14H,5-6,8H2,1H3. The fourth-order valence-corrected chi connectivity index (χ4v) is 3.63. The number of rotatable bonds is 3. The van der Waals surface area contributed by atoms with Gasteiger partial charge in [0, 0.05) is 15.9 Å². The second-order valence-electron chi connectivity index (χ2n) is 4.01. The summed E-state index contributed by atoms with van der Waals surface area (Å²) in [4.78, 5) is 11.9. The number of methoxy groups -OCH3 is 1. The zero-order chi connectivity index (χ0) is 12.3. The minimum atomic E-state index is -0.569. The van der Waals surface area contributed by atoms with Gasteiger partial charge in [-0.05, 0) is 30.4 Å². The molecule has 0 radical (unpaired) electrons. The summed E-state index contributed by atoms with van der Waals surface area (Å²) < 4.78 is 5.91. The normalized spacial score (nSPS) is 23.4. The SMILES string of the molecule is COC(=O)C1(Nc2cccc(Br)c2)CCSC1. The Morgan fingerprint density at radius 2 is 2.41 bits per heavy atom. The lowest BCUT2D eigenvalue weighted by atomic mass is 9.98. The van der Waals surface area contributed by atoms with E-state index in [4.69, 9.17) is 4.74 Å². The van der Waals surface area contributed by atoms with Crippen LogP contribution in [0.4, 0.5) is 5.69 Å². The number of ether oxygens (including phenoxy) is 1. The molecular formula is C12H14BrNO2S. The minimum absolute atomic E-state index is 0.178. The highest BCUT2D eigenvalue weighted by Gasteiger charge is 2.42. The van der Waals surface area contributed by atoms with Gasteiger partial charge in [-0.15, -0.1) is 0 Å². The van der Waals surface area contributed by atoms with Gasteiger partial charge in [0.25, 0.3) is 0 Å². The van der Waals surface area contributed by atoms with Crippen LogP contribution in [0.25, 0.3) is 0 Å². The van der Waals surface area contributed by atoms with Gasteiger partial charge < -0.3 is 10.1 Å². The van der Waals surface area contributed by atoms with Crippen molar-refractivity contribution >= 4 is 39.3 Å². The topological polar surface area (TPSA) is 38.3 Å². The van der Waals surface area contributed by atoms with Crippen molar-refractivity contribution in [3.8, 4) is 0 Å². The monoisotopic (exact) mass is 315 g/mol. The van der Waals surface area contributed by atoms with E-state index in [-0.39, 0.29) is 5.97 Å². The molecule has 1 heterocycles. The Labute approximate surface area is 113 Å². The van der Waals surface area contributed by atoms with Crippen LogP contribution in [0.1, 0.15) is 6.42 Å². The molecule has 5 heteroatoms. The third-order valence-corrected chi connectivity index (χ3v) is 4.49. The van der Waals surface area contributed by atoms with Crippen LogP contribution in [0.5, 0.6) is 0 Å². The highest BCUT2D eigenvalue weighted by molar-refractivity contribution is 9.10. The van der Waals surface area contributed by atoms with Gasteiger partial charge in [0.2, 0.25) is 0 Å². The molecule has 0 aromatic heterocycles. The van der Waals surface area contributed by atoms with Crippen molar-refractivity contribution in [3.63, 3.8) is 0 Å². The van der Waals surface area contributed by atoms with E-state index in [0.717, 1.165) is 28.1 Å². The molecule has 1 fully saturated rings. The first-order valence-electron chi connectivity index (χ1n) is 5.36. The van der Waals surface area contributed by atoms with E-state index in [1.807, 2.05) is 24.3 Å². The Balaban J connectivity index is 2.21. The van der Waals surface area contributed by atoms with Gasteiger partial charge >= 0.3 is 5.97 Å². The van der Waals surface area contributed by atoms with Crippen molar-refractivity contribution in [2.45, 2.75) is 12.0 Å². The zero-order valence-electron chi connectivity index (χ0n) is 9.53. The highest BCUT2D eigenvalue weighted by atomic mass is 79.9. The molecule has 1 aliphatic heterocycles. The van der Waals surface area contributed by atoms with Gasteiger partial charge in [0.05, 0.1) is 7.11 Å². The van der Waals surface area contributed by atoms with Crippen LogP contribution in [-0.4, -0.2) is 30.1 Å². The summed E-state index contributed by atoms with van der Waals surface area (Å²) in [5, 5.41) is 3.32. The van der Waals surface area contributed by atoms with E-state index in [2.05, 4.69) is 21.2 Å². The van der Waals surface area contributed by atoms with Gasteiger partial charge in [-0.1, -0.05) is 22.0 Å². The Morgan fingerprint density at radius 3 is 3.00 bits per heavy atom. The molecule has 0 spiro atoms. The predicted molar refractivity (Wildman–Crippen MR) is 74.5 cm³/mol. The second-order valence-corrected chi connectivity index (χ2v) is 6.03. The summed E-state index contributed by atoms with van der Waals surface area (Å²) >= 11 is 5.19. The summed E-state index contributed by atoms with van der Waals surface area (Å²) in [5.41, 5.74) is 0.368. The van der Waals surface area contributed by atoms with E-state index in [9.17, 15) is 4.79 Å². The summed E-state index contributed by atoms with van der Waals surface area (Å²) in [5.74, 6) is 1.56. The van der Waals surface area contributed by atoms with Gasteiger partial charge in [-0.2, -0.15) is 11.8 Å². The first kappa shape index (κ1) is 12.8. The number of halogens is 1. The van der Waals surface area contributed by atoms with Crippen LogP contribution in [0, 0.1) is 0 Å². The molecule has 2 rings (SSSR count). The van der Waals surface area contributed by atoms with E-state index in [1.165, 1.54) is 7.11 Å². The van der Waals surface area contributed by atoms with Crippen LogP contribution in [0.3, 0.4) is 0 Å². The lowest BCUT2D eigenvalue weighted by molar-refractivity contribution is -0.145. The summed E-state index contributed by atoms with van der Waals surface area (Å²) in [6.45, 7) is 0. The zero-order valence-corrected chi connectivity index (χ0v) is 11.9. The number of anilines is 1. The Bertz CT molecular complexity index is 419. The van der Waals surface area contributed by atoms with Crippen LogP contribution >= 0.6 is 27.7 Å². The minimum Gasteiger partial charge on any atom is -0.467 e. The van der Waals surface area contributed by atoms with Crippen molar-refractivity contribution in [3.05, 3.63) is 28.7 Å². The quantitative estimate of drug-likeness (QED) is 0.870. The number of nitrogens with one attached hydrogen (secondary N) is 1. The molecule has 1 N–H and O–H groups in total. The van der Waals surface area contributed by atoms with Crippen LogP contribution in [0.15, 0.2) is 28.7 Å². The molecule has 1 aromatic carbocycles. The molecular weight excluding hydrogens is 302 g/mol. The third kappa shape index (κ3) is 2.77. The van der Waals surface area contributed by atoms with Crippen LogP contribution in [-0.2, 0) is 9.53 Å². The van der Waals surface area contributed by atoms with E-state index in [1.54, 1.807) is 11.8 Å². The van der Waals surface area contributed by atoms with Crippen molar-refractivity contribution in [2.75, 3.05) is 23.9 Å². The number of esters is 1. The van der Waals surface area contributed by atoms with Gasteiger partial charge in [0.1, 0.15) is 5.54 Å². The summed E-state index contributed by atoms with van der Waals surface area (Å²) in [6, 6.07) is 7.82. The number of thioether (sulfide) groups is 1. The molecule has 0 aliphatic carbocycles. The van der Waals surface area contributed by atoms with Crippen molar-refractivity contribution in [1.29, 1.82) is 0 Å². The average molecular weight is 316 g/mol. The highest BCUT2D eigenvalue weighted by Crippen LogP contribution is 2.33. The van der Waals surface area contributed by atoms with Gasteiger partial charge in [-0.3, -0.25) is 0 Å². The van der Waals surface area contributed by atoms with Gasteiger partial charge in [-0.25, -0.2) is 4.79 Å². The molecule has 1 saturated heterocycles. The molecule has 3 nitrogen and oxygen atoms in total. The van der Waals surface area contributed by atoms with Crippen molar-refractivity contribution in [2.24, 2.45) is 0 Å².